The Morgan fingerprint density at radius 1 is 1.29 bits per heavy atom. The van der Waals surface area contributed by atoms with Gasteiger partial charge in [0.2, 0.25) is 5.91 Å². The monoisotopic (exact) mass is 330 g/mol. The molecular weight excluding hydrogens is 304 g/mol. The Labute approximate surface area is 143 Å². The van der Waals surface area contributed by atoms with Crippen molar-refractivity contribution in [1.82, 2.24) is 9.80 Å². The van der Waals surface area contributed by atoms with Gasteiger partial charge in [0.15, 0.2) is 0 Å². The van der Waals surface area contributed by atoms with Gasteiger partial charge in [-0.15, -0.1) is 0 Å². The van der Waals surface area contributed by atoms with Gasteiger partial charge in [0, 0.05) is 38.0 Å². The van der Waals surface area contributed by atoms with E-state index in [0.29, 0.717) is 25.1 Å². The fourth-order valence-electron chi connectivity index (χ4n) is 4.10. The summed E-state index contributed by atoms with van der Waals surface area (Å²) < 4.78 is 0. The number of phenols is 1. The first-order valence-corrected chi connectivity index (χ1v) is 8.81. The number of likely N-dealkylation sites (tertiary alicyclic amines) is 2. The summed E-state index contributed by atoms with van der Waals surface area (Å²) in [4.78, 5) is 28.6. The van der Waals surface area contributed by atoms with E-state index in [2.05, 4.69) is 0 Å². The highest BCUT2D eigenvalue weighted by molar-refractivity contribution is 5.97. The summed E-state index contributed by atoms with van der Waals surface area (Å²) >= 11 is 0. The highest BCUT2D eigenvalue weighted by atomic mass is 16.3. The second kappa shape index (κ2) is 6.46. The van der Waals surface area contributed by atoms with Crippen LogP contribution in [0.1, 0.15) is 48.5 Å². The lowest BCUT2D eigenvalue weighted by Crippen LogP contribution is -2.55. The van der Waals surface area contributed by atoms with Crippen molar-refractivity contribution in [2.45, 2.75) is 39.5 Å². The summed E-state index contributed by atoms with van der Waals surface area (Å²) in [6.07, 6.45) is 3.43. The van der Waals surface area contributed by atoms with Crippen LogP contribution < -0.4 is 0 Å². The smallest absolute Gasteiger partial charge is 0.257 e. The predicted octanol–water partition coefficient (Wildman–Crippen LogP) is 2.57. The molecule has 2 aliphatic heterocycles. The van der Waals surface area contributed by atoms with Crippen LogP contribution in [0.2, 0.25) is 0 Å². The van der Waals surface area contributed by atoms with Gasteiger partial charge in [-0.3, -0.25) is 9.59 Å². The topological polar surface area (TPSA) is 60.9 Å². The Balaban J connectivity index is 1.78. The van der Waals surface area contributed by atoms with Crippen LogP contribution in [-0.2, 0) is 4.79 Å². The number of piperidine rings is 2. The zero-order valence-corrected chi connectivity index (χ0v) is 14.5. The molecule has 1 aromatic carbocycles. The van der Waals surface area contributed by atoms with Crippen molar-refractivity contribution in [1.29, 1.82) is 0 Å². The minimum absolute atomic E-state index is 0.0120. The van der Waals surface area contributed by atoms with Gasteiger partial charge < -0.3 is 14.9 Å². The molecule has 2 saturated heterocycles. The van der Waals surface area contributed by atoms with Crippen molar-refractivity contribution in [2.24, 2.45) is 5.41 Å². The Morgan fingerprint density at radius 2 is 2.08 bits per heavy atom. The van der Waals surface area contributed by atoms with E-state index in [4.69, 9.17) is 0 Å². The molecule has 5 nitrogen and oxygen atoms in total. The maximum atomic E-state index is 12.9. The maximum Gasteiger partial charge on any atom is 0.257 e. The zero-order valence-electron chi connectivity index (χ0n) is 14.5. The van der Waals surface area contributed by atoms with Crippen LogP contribution in [0.5, 0.6) is 5.75 Å². The van der Waals surface area contributed by atoms with Crippen LogP contribution in [0.3, 0.4) is 0 Å². The average Bonchev–Trinajstić information content (AvgIpc) is 2.57. The molecule has 2 fully saturated rings. The van der Waals surface area contributed by atoms with Crippen LogP contribution in [0.25, 0.3) is 0 Å². The van der Waals surface area contributed by atoms with Gasteiger partial charge in [0.1, 0.15) is 5.75 Å². The lowest BCUT2D eigenvalue weighted by atomic mass is 9.73. The van der Waals surface area contributed by atoms with E-state index < -0.39 is 0 Å². The quantitative estimate of drug-likeness (QED) is 0.906. The van der Waals surface area contributed by atoms with E-state index in [1.54, 1.807) is 12.1 Å². The molecule has 0 aliphatic carbocycles. The number of phenolic OH excluding ortho intramolecular Hbond substituents is 1. The second-order valence-electron chi connectivity index (χ2n) is 7.26. The molecule has 0 radical (unpaired) electrons. The molecular formula is C19H26N2O3. The van der Waals surface area contributed by atoms with Crippen molar-refractivity contribution >= 4 is 11.8 Å². The highest BCUT2D eigenvalue weighted by Crippen LogP contribution is 2.39. The lowest BCUT2D eigenvalue weighted by molar-refractivity contribution is -0.138. The van der Waals surface area contributed by atoms with Crippen molar-refractivity contribution in [2.75, 3.05) is 26.2 Å². The van der Waals surface area contributed by atoms with Gasteiger partial charge in [-0.2, -0.15) is 0 Å². The van der Waals surface area contributed by atoms with Crippen molar-refractivity contribution in [3.8, 4) is 5.75 Å². The lowest BCUT2D eigenvalue weighted by Gasteiger charge is -2.48. The second-order valence-corrected chi connectivity index (χ2v) is 7.26. The van der Waals surface area contributed by atoms with Gasteiger partial charge in [-0.1, -0.05) is 6.07 Å². The van der Waals surface area contributed by atoms with Crippen molar-refractivity contribution in [3.05, 3.63) is 29.3 Å². The van der Waals surface area contributed by atoms with Crippen LogP contribution in [0.4, 0.5) is 0 Å². The summed E-state index contributed by atoms with van der Waals surface area (Å²) in [7, 11) is 0. The summed E-state index contributed by atoms with van der Waals surface area (Å²) in [5, 5.41) is 10.1. The first kappa shape index (κ1) is 16.8. The summed E-state index contributed by atoms with van der Waals surface area (Å²) in [6.45, 7) is 6.76. The number of nitrogens with zero attached hydrogens (tertiary/aromatic N) is 2. The Bertz CT molecular complexity index is 658. The summed E-state index contributed by atoms with van der Waals surface area (Å²) in [5.41, 5.74) is 1.32. The van der Waals surface area contributed by atoms with Gasteiger partial charge in [-0.25, -0.2) is 0 Å². The molecule has 0 saturated carbocycles. The molecule has 0 bridgehead atoms. The number of aromatic hydroxyl groups is 1. The molecule has 2 amide bonds. The molecule has 0 aromatic heterocycles. The predicted molar refractivity (Wildman–Crippen MR) is 91.9 cm³/mol. The van der Waals surface area contributed by atoms with E-state index in [0.717, 1.165) is 37.9 Å². The number of carbonyl (C=O) groups excluding carboxylic acids is 2. The molecule has 2 heterocycles. The number of rotatable bonds is 2. The third kappa shape index (κ3) is 3.12. The van der Waals surface area contributed by atoms with Crippen LogP contribution in [0.15, 0.2) is 18.2 Å². The molecule has 1 atom stereocenters. The number of hydrogen-bond donors (Lipinski definition) is 1. The van der Waals surface area contributed by atoms with E-state index in [9.17, 15) is 14.7 Å². The third-order valence-electron chi connectivity index (χ3n) is 5.46. The number of hydrogen-bond acceptors (Lipinski definition) is 3. The Kier molecular flexibility index (Phi) is 4.52. The number of benzene rings is 1. The highest BCUT2D eigenvalue weighted by Gasteiger charge is 2.42. The zero-order chi connectivity index (χ0) is 17.3. The largest absolute Gasteiger partial charge is 0.507 e. The molecule has 24 heavy (non-hydrogen) atoms. The molecule has 5 heteroatoms. The van der Waals surface area contributed by atoms with Crippen molar-refractivity contribution in [3.63, 3.8) is 0 Å². The third-order valence-corrected chi connectivity index (χ3v) is 5.46. The van der Waals surface area contributed by atoms with Gasteiger partial charge in [-0.05, 0) is 50.8 Å². The molecule has 130 valence electrons. The summed E-state index contributed by atoms with van der Waals surface area (Å²) in [6, 6.07) is 5.19. The molecule has 1 unspecified atom stereocenters. The normalized spacial score (nSPS) is 24.5. The molecule has 2 aliphatic rings. The summed E-state index contributed by atoms with van der Waals surface area (Å²) in [5.74, 6) is 0.169. The molecule has 3 rings (SSSR count). The SMILES string of the molecule is CCN1CC2(CCCN(C(=O)c3ccc(C)cc3O)C2)CCC1=O. The van der Waals surface area contributed by atoms with Gasteiger partial charge in [0.05, 0.1) is 5.56 Å². The van der Waals surface area contributed by atoms with Crippen molar-refractivity contribution < 1.29 is 14.7 Å². The first-order valence-electron chi connectivity index (χ1n) is 8.81. The standard InChI is InChI=1S/C19H26N2O3/c1-3-20-12-19(9-7-17(20)23)8-4-10-21(13-19)18(24)15-6-5-14(2)11-16(15)22/h5-6,11,22H,3-4,7-10,12-13H2,1-2H3. The minimum Gasteiger partial charge on any atom is -0.507 e. The van der Waals surface area contributed by atoms with E-state index in [1.807, 2.05) is 29.7 Å². The van der Waals surface area contributed by atoms with Gasteiger partial charge >= 0.3 is 0 Å². The average molecular weight is 330 g/mol. The van der Waals surface area contributed by atoms with Crippen LogP contribution in [0, 0.1) is 12.3 Å². The van der Waals surface area contributed by atoms with E-state index in [-0.39, 0.29) is 23.0 Å². The Hall–Kier alpha value is -2.04. The van der Waals surface area contributed by atoms with E-state index >= 15 is 0 Å². The molecule has 1 spiro atoms. The minimum atomic E-state index is -0.105. The number of aryl methyl sites for hydroxylation is 1. The maximum absolute atomic E-state index is 12.9. The fraction of sp³-hybridized carbons (Fsp3) is 0.579. The van der Waals surface area contributed by atoms with Crippen LogP contribution >= 0.6 is 0 Å². The van der Waals surface area contributed by atoms with E-state index in [1.165, 1.54) is 0 Å². The molecule has 1 aromatic rings. The van der Waals surface area contributed by atoms with Gasteiger partial charge in [0.25, 0.3) is 5.91 Å². The fourth-order valence-corrected chi connectivity index (χ4v) is 4.10. The molecule has 1 N–H and O–H groups in total. The Morgan fingerprint density at radius 3 is 2.79 bits per heavy atom. The number of carbonyl (C=O) groups is 2. The van der Waals surface area contributed by atoms with Crippen LogP contribution in [-0.4, -0.2) is 52.9 Å². The number of amides is 2. The first-order chi connectivity index (χ1) is 11.4.